The second-order valence-corrected chi connectivity index (χ2v) is 6.57. The maximum Gasteiger partial charge on any atom is 0.377 e. The van der Waals surface area contributed by atoms with Crippen LogP contribution in [0.1, 0.15) is 21.5 Å². The number of hydrogen-bond acceptors (Lipinski definition) is 6. The number of ketones is 1. The van der Waals surface area contributed by atoms with Crippen LogP contribution in [0.4, 0.5) is 0 Å². The third-order valence-corrected chi connectivity index (χ3v) is 4.51. The van der Waals surface area contributed by atoms with Gasteiger partial charge in [0.15, 0.2) is 11.5 Å². The van der Waals surface area contributed by atoms with Crippen molar-refractivity contribution >= 4 is 11.8 Å². The van der Waals surface area contributed by atoms with E-state index in [1.807, 2.05) is 48.5 Å². The Morgan fingerprint density at radius 3 is 1.65 bits per heavy atom. The lowest BCUT2D eigenvalue weighted by molar-refractivity contribution is -0.131. The number of carbonyl (C=O) groups is 2. The zero-order valence-corrected chi connectivity index (χ0v) is 17.2. The summed E-state index contributed by atoms with van der Waals surface area (Å²) in [5, 5.41) is 9.00. The van der Waals surface area contributed by atoms with Gasteiger partial charge in [-0.25, -0.2) is 4.79 Å². The Labute approximate surface area is 179 Å². The fourth-order valence-electron chi connectivity index (χ4n) is 2.77. The molecule has 7 nitrogen and oxygen atoms in total. The van der Waals surface area contributed by atoms with Crippen molar-refractivity contribution in [3.63, 3.8) is 0 Å². The van der Waals surface area contributed by atoms with Crippen molar-refractivity contribution < 1.29 is 33.6 Å². The summed E-state index contributed by atoms with van der Waals surface area (Å²) < 4.78 is 22.0. The Morgan fingerprint density at radius 1 is 0.710 bits per heavy atom. The number of aliphatic carboxylic acids is 1. The van der Waals surface area contributed by atoms with E-state index < -0.39 is 11.8 Å². The van der Waals surface area contributed by atoms with Gasteiger partial charge < -0.3 is 24.1 Å². The molecule has 0 atom stereocenters. The van der Waals surface area contributed by atoms with Crippen molar-refractivity contribution in [2.75, 3.05) is 14.2 Å². The van der Waals surface area contributed by atoms with Gasteiger partial charge in [-0.3, -0.25) is 4.79 Å². The van der Waals surface area contributed by atoms with Gasteiger partial charge in [-0.15, -0.1) is 0 Å². The highest BCUT2D eigenvalue weighted by Gasteiger charge is 2.18. The van der Waals surface area contributed by atoms with E-state index in [-0.39, 0.29) is 24.5 Å². The van der Waals surface area contributed by atoms with Crippen molar-refractivity contribution in [2.24, 2.45) is 0 Å². The summed E-state index contributed by atoms with van der Waals surface area (Å²) in [6.07, 6.45) is 0. The van der Waals surface area contributed by atoms with Gasteiger partial charge in [0, 0.05) is 5.56 Å². The van der Waals surface area contributed by atoms with Gasteiger partial charge >= 0.3 is 5.97 Å². The van der Waals surface area contributed by atoms with Gasteiger partial charge in [0.05, 0.1) is 14.2 Å². The molecule has 0 radical (unpaired) electrons. The van der Waals surface area contributed by atoms with Crippen LogP contribution in [0.2, 0.25) is 0 Å². The topological polar surface area (TPSA) is 91.3 Å². The molecule has 0 saturated carbocycles. The Kier molecular flexibility index (Phi) is 7.11. The third kappa shape index (κ3) is 5.76. The third-order valence-electron chi connectivity index (χ3n) is 4.51. The zero-order chi connectivity index (χ0) is 22.2. The monoisotopic (exact) mass is 422 g/mol. The fourth-order valence-corrected chi connectivity index (χ4v) is 2.77. The van der Waals surface area contributed by atoms with E-state index in [9.17, 15) is 9.59 Å². The second-order valence-electron chi connectivity index (χ2n) is 6.57. The molecule has 31 heavy (non-hydrogen) atoms. The Balaban J connectivity index is 1.78. The molecule has 3 rings (SSSR count). The van der Waals surface area contributed by atoms with Crippen LogP contribution in [-0.2, 0) is 18.0 Å². The summed E-state index contributed by atoms with van der Waals surface area (Å²) >= 11 is 0. The lowest BCUT2D eigenvalue weighted by Gasteiger charge is -2.14. The van der Waals surface area contributed by atoms with E-state index in [4.69, 9.17) is 24.1 Å². The molecule has 0 aliphatic heterocycles. The first-order valence-electron chi connectivity index (χ1n) is 9.43. The van der Waals surface area contributed by atoms with Crippen molar-refractivity contribution in [1.29, 1.82) is 0 Å². The molecule has 0 aliphatic carbocycles. The molecule has 160 valence electrons. The Morgan fingerprint density at radius 2 is 1.19 bits per heavy atom. The molecule has 0 heterocycles. The summed E-state index contributed by atoms with van der Waals surface area (Å²) in [7, 11) is 3.18. The highest BCUT2D eigenvalue weighted by atomic mass is 16.5. The molecule has 0 aromatic heterocycles. The highest BCUT2D eigenvalue weighted by Crippen LogP contribution is 2.30. The maximum absolute atomic E-state index is 11.9. The number of hydrogen-bond donors (Lipinski definition) is 1. The minimum atomic E-state index is -1.53. The van der Waals surface area contributed by atoms with Crippen LogP contribution >= 0.6 is 0 Å². The van der Waals surface area contributed by atoms with Crippen LogP contribution in [0.25, 0.3) is 0 Å². The van der Waals surface area contributed by atoms with Crippen LogP contribution in [0.5, 0.6) is 23.0 Å². The molecule has 0 fully saturated rings. The summed E-state index contributed by atoms with van der Waals surface area (Å²) in [6.45, 7) is 0.461. The van der Waals surface area contributed by atoms with Gasteiger partial charge in [0.25, 0.3) is 5.78 Å². The second kappa shape index (κ2) is 10.2. The minimum Gasteiger partial charge on any atom is -0.497 e. The smallest absolute Gasteiger partial charge is 0.377 e. The largest absolute Gasteiger partial charge is 0.497 e. The molecular formula is C24H22O7. The first-order chi connectivity index (χ1) is 15.0. The van der Waals surface area contributed by atoms with Crippen molar-refractivity contribution in [3.8, 4) is 23.0 Å². The summed E-state index contributed by atoms with van der Waals surface area (Å²) in [5.74, 6) is -0.420. The van der Waals surface area contributed by atoms with E-state index in [2.05, 4.69) is 0 Å². The SMILES string of the molecule is COc1ccc(COc2ccc(C(=O)C(=O)O)cc2OCc2ccc(OC)cc2)cc1. The predicted molar refractivity (Wildman–Crippen MR) is 113 cm³/mol. The molecule has 7 heteroatoms. The molecule has 0 spiro atoms. The number of ether oxygens (including phenoxy) is 4. The quantitative estimate of drug-likeness (QED) is 0.388. The first kappa shape index (κ1) is 21.7. The van der Waals surface area contributed by atoms with E-state index in [0.717, 1.165) is 22.6 Å². The number of rotatable bonds is 10. The molecule has 1 N–H and O–H groups in total. The van der Waals surface area contributed by atoms with Crippen LogP contribution in [0, 0.1) is 0 Å². The Hall–Kier alpha value is -4.00. The maximum atomic E-state index is 11.9. The van der Waals surface area contributed by atoms with E-state index >= 15 is 0 Å². The van der Waals surface area contributed by atoms with Crippen LogP contribution in [0.3, 0.4) is 0 Å². The van der Waals surface area contributed by atoms with Crippen LogP contribution in [0.15, 0.2) is 66.7 Å². The molecule has 0 amide bonds. The van der Waals surface area contributed by atoms with Crippen molar-refractivity contribution in [1.82, 2.24) is 0 Å². The van der Waals surface area contributed by atoms with Crippen molar-refractivity contribution in [3.05, 3.63) is 83.4 Å². The number of carbonyl (C=O) groups excluding carboxylic acids is 1. The van der Waals surface area contributed by atoms with E-state index in [1.165, 1.54) is 18.2 Å². The Bertz CT molecular complexity index is 1040. The summed E-state index contributed by atoms with van der Waals surface area (Å²) in [4.78, 5) is 22.9. The fraction of sp³-hybridized carbons (Fsp3) is 0.167. The lowest BCUT2D eigenvalue weighted by atomic mass is 10.1. The number of carboxylic acids is 1. The summed E-state index contributed by atoms with van der Waals surface area (Å²) in [5.41, 5.74) is 1.79. The molecule has 0 unspecified atom stereocenters. The average Bonchev–Trinajstić information content (AvgIpc) is 2.81. The molecule has 3 aromatic carbocycles. The van der Waals surface area contributed by atoms with Crippen LogP contribution in [-0.4, -0.2) is 31.1 Å². The predicted octanol–water partition coefficient (Wildman–Crippen LogP) is 4.13. The van der Waals surface area contributed by atoms with Gasteiger partial charge in [-0.1, -0.05) is 24.3 Å². The molecule has 3 aromatic rings. The number of carboxylic acid groups (broad SMARTS) is 1. The first-order valence-corrected chi connectivity index (χ1v) is 9.43. The van der Waals surface area contributed by atoms with Gasteiger partial charge in [0.2, 0.25) is 0 Å². The van der Waals surface area contributed by atoms with Gasteiger partial charge in [-0.2, -0.15) is 0 Å². The minimum absolute atomic E-state index is 0.00836. The molecule has 0 aliphatic rings. The lowest BCUT2D eigenvalue weighted by Crippen LogP contribution is -2.13. The van der Waals surface area contributed by atoms with Gasteiger partial charge in [-0.05, 0) is 53.6 Å². The zero-order valence-electron chi connectivity index (χ0n) is 17.2. The van der Waals surface area contributed by atoms with Crippen LogP contribution < -0.4 is 18.9 Å². The number of methoxy groups -OCH3 is 2. The average molecular weight is 422 g/mol. The van der Waals surface area contributed by atoms with Crippen molar-refractivity contribution in [2.45, 2.75) is 13.2 Å². The van der Waals surface area contributed by atoms with E-state index in [0.29, 0.717) is 5.75 Å². The molecule has 0 bridgehead atoms. The van der Waals surface area contributed by atoms with Gasteiger partial charge in [0.1, 0.15) is 24.7 Å². The molecular weight excluding hydrogens is 400 g/mol. The normalized spacial score (nSPS) is 10.3. The van der Waals surface area contributed by atoms with E-state index in [1.54, 1.807) is 14.2 Å². The number of benzene rings is 3. The summed E-state index contributed by atoms with van der Waals surface area (Å²) in [6, 6.07) is 19.0. The highest BCUT2D eigenvalue weighted by molar-refractivity contribution is 6.39. The number of Topliss-reactive ketones (excluding diaryl/α,β-unsaturated/α-hetero) is 1. The molecule has 0 saturated heterocycles. The standard InChI is InChI=1S/C24H22O7/c1-28-19-8-3-16(4-9-19)14-30-21-12-7-18(23(25)24(26)27)13-22(21)31-15-17-5-10-20(29-2)11-6-17/h3-13H,14-15H2,1-2H3,(H,26,27).